The number of hydrogen-bond acceptors (Lipinski definition) is 3. The highest BCUT2D eigenvalue weighted by molar-refractivity contribution is 5.30. The summed E-state index contributed by atoms with van der Waals surface area (Å²) >= 11 is 0. The smallest absolute Gasteiger partial charge is 0.119 e. The Morgan fingerprint density at radius 1 is 1.46 bits per heavy atom. The summed E-state index contributed by atoms with van der Waals surface area (Å²) in [5.41, 5.74) is 12.3. The molecule has 72 valence electrons. The average molecular weight is 180 g/mol. The average Bonchev–Trinajstić information content (AvgIpc) is 2.18. The largest absolute Gasteiger partial charge is 0.494 e. The molecule has 0 aliphatic rings. The van der Waals surface area contributed by atoms with Crippen LogP contribution in [0.4, 0.5) is 0 Å². The van der Waals surface area contributed by atoms with Crippen LogP contribution < -0.4 is 16.2 Å². The van der Waals surface area contributed by atoms with Gasteiger partial charge in [0, 0.05) is 12.6 Å². The van der Waals surface area contributed by atoms with Crippen molar-refractivity contribution in [1.82, 2.24) is 0 Å². The van der Waals surface area contributed by atoms with Gasteiger partial charge in [-0.25, -0.2) is 0 Å². The third-order valence-corrected chi connectivity index (χ3v) is 1.85. The second kappa shape index (κ2) is 4.84. The van der Waals surface area contributed by atoms with E-state index < -0.39 is 0 Å². The summed E-state index contributed by atoms with van der Waals surface area (Å²) in [6.45, 7) is 3.08. The van der Waals surface area contributed by atoms with Crippen LogP contribution in [0.15, 0.2) is 24.3 Å². The molecule has 3 nitrogen and oxygen atoms in total. The van der Waals surface area contributed by atoms with Gasteiger partial charge in [-0.3, -0.25) is 0 Å². The van der Waals surface area contributed by atoms with Crippen LogP contribution in [0.25, 0.3) is 0 Å². The Balaban J connectivity index is 2.78. The van der Waals surface area contributed by atoms with E-state index in [1.807, 2.05) is 31.2 Å². The maximum Gasteiger partial charge on any atom is 0.119 e. The lowest BCUT2D eigenvalue weighted by atomic mass is 10.1. The van der Waals surface area contributed by atoms with Crippen molar-refractivity contribution < 1.29 is 4.74 Å². The minimum atomic E-state index is -0.0968. The summed E-state index contributed by atoms with van der Waals surface area (Å²) in [5.74, 6) is 0.851. The van der Waals surface area contributed by atoms with Crippen molar-refractivity contribution in [2.24, 2.45) is 11.5 Å². The molecule has 13 heavy (non-hydrogen) atoms. The van der Waals surface area contributed by atoms with Crippen molar-refractivity contribution in [3.8, 4) is 5.75 Å². The van der Waals surface area contributed by atoms with Crippen molar-refractivity contribution in [3.05, 3.63) is 29.8 Å². The molecule has 1 rings (SSSR count). The van der Waals surface area contributed by atoms with Crippen molar-refractivity contribution in [3.63, 3.8) is 0 Å². The third-order valence-electron chi connectivity index (χ3n) is 1.85. The first-order valence-electron chi connectivity index (χ1n) is 4.46. The van der Waals surface area contributed by atoms with Crippen LogP contribution in [0.2, 0.25) is 0 Å². The first-order valence-corrected chi connectivity index (χ1v) is 4.46. The number of hydrogen-bond donors (Lipinski definition) is 2. The van der Waals surface area contributed by atoms with Crippen LogP contribution in [0.5, 0.6) is 5.75 Å². The van der Waals surface area contributed by atoms with E-state index in [4.69, 9.17) is 16.2 Å². The van der Waals surface area contributed by atoms with Gasteiger partial charge in [0.25, 0.3) is 0 Å². The predicted molar refractivity (Wildman–Crippen MR) is 53.6 cm³/mol. The second-order valence-electron chi connectivity index (χ2n) is 2.85. The van der Waals surface area contributed by atoms with Crippen molar-refractivity contribution in [1.29, 1.82) is 0 Å². The molecule has 0 unspecified atom stereocenters. The summed E-state index contributed by atoms with van der Waals surface area (Å²) in [7, 11) is 0. The van der Waals surface area contributed by atoms with E-state index in [1.165, 1.54) is 0 Å². The number of benzene rings is 1. The van der Waals surface area contributed by atoms with Crippen LogP contribution >= 0.6 is 0 Å². The Hall–Kier alpha value is -1.06. The molecule has 4 N–H and O–H groups in total. The predicted octanol–water partition coefficient (Wildman–Crippen LogP) is 1.04. The maximum absolute atomic E-state index is 5.78. The highest BCUT2D eigenvalue weighted by atomic mass is 16.5. The lowest BCUT2D eigenvalue weighted by Crippen LogP contribution is -2.20. The molecule has 1 aromatic rings. The first kappa shape index (κ1) is 10.0. The van der Waals surface area contributed by atoms with Crippen molar-refractivity contribution in [2.75, 3.05) is 13.2 Å². The maximum atomic E-state index is 5.78. The summed E-state index contributed by atoms with van der Waals surface area (Å²) in [6.07, 6.45) is 0. The molecule has 0 aliphatic carbocycles. The fourth-order valence-corrected chi connectivity index (χ4v) is 1.14. The number of nitrogens with two attached hydrogens (primary N) is 2. The van der Waals surface area contributed by atoms with Crippen LogP contribution in [0.1, 0.15) is 18.5 Å². The highest BCUT2D eigenvalue weighted by Gasteiger charge is 2.03. The van der Waals surface area contributed by atoms with Gasteiger partial charge in [0.1, 0.15) is 5.75 Å². The van der Waals surface area contributed by atoms with E-state index in [0.717, 1.165) is 11.3 Å². The van der Waals surface area contributed by atoms with Crippen LogP contribution in [0.3, 0.4) is 0 Å². The van der Waals surface area contributed by atoms with Gasteiger partial charge in [0.15, 0.2) is 0 Å². The zero-order chi connectivity index (χ0) is 9.68. The van der Waals surface area contributed by atoms with E-state index in [0.29, 0.717) is 13.2 Å². The van der Waals surface area contributed by atoms with E-state index in [2.05, 4.69) is 0 Å². The van der Waals surface area contributed by atoms with Crippen LogP contribution in [-0.2, 0) is 0 Å². The summed E-state index contributed by atoms with van der Waals surface area (Å²) in [4.78, 5) is 0. The summed E-state index contributed by atoms with van der Waals surface area (Å²) in [5, 5.41) is 0. The van der Waals surface area contributed by atoms with E-state index >= 15 is 0 Å². The zero-order valence-electron chi connectivity index (χ0n) is 7.86. The Kier molecular flexibility index (Phi) is 3.73. The molecule has 0 amide bonds. The molecule has 1 atom stereocenters. The topological polar surface area (TPSA) is 61.3 Å². The van der Waals surface area contributed by atoms with Crippen LogP contribution in [0, 0.1) is 0 Å². The van der Waals surface area contributed by atoms with Gasteiger partial charge in [0.2, 0.25) is 0 Å². The Labute approximate surface area is 78.7 Å². The Morgan fingerprint density at radius 2 is 2.23 bits per heavy atom. The Morgan fingerprint density at radius 3 is 2.85 bits per heavy atom. The minimum absolute atomic E-state index is 0.0968. The van der Waals surface area contributed by atoms with Gasteiger partial charge in [-0.1, -0.05) is 12.1 Å². The zero-order valence-corrected chi connectivity index (χ0v) is 7.86. The molecule has 0 saturated carbocycles. The molecule has 0 aliphatic heterocycles. The molecule has 0 heterocycles. The monoisotopic (exact) mass is 180 g/mol. The van der Waals surface area contributed by atoms with E-state index in [1.54, 1.807) is 0 Å². The molecule has 0 bridgehead atoms. The van der Waals surface area contributed by atoms with Crippen molar-refractivity contribution in [2.45, 2.75) is 13.0 Å². The Bertz CT molecular complexity index is 263. The van der Waals surface area contributed by atoms with Gasteiger partial charge in [-0.15, -0.1) is 0 Å². The van der Waals surface area contributed by atoms with Gasteiger partial charge < -0.3 is 16.2 Å². The van der Waals surface area contributed by atoms with Crippen LogP contribution in [-0.4, -0.2) is 13.2 Å². The summed E-state index contributed by atoms with van der Waals surface area (Å²) < 4.78 is 5.34. The highest BCUT2D eigenvalue weighted by Crippen LogP contribution is 2.17. The second-order valence-corrected chi connectivity index (χ2v) is 2.85. The molecule has 1 aromatic carbocycles. The van der Waals surface area contributed by atoms with E-state index in [9.17, 15) is 0 Å². The fraction of sp³-hybridized carbons (Fsp3) is 0.400. The lowest BCUT2D eigenvalue weighted by Gasteiger charge is -2.10. The fourth-order valence-electron chi connectivity index (χ4n) is 1.14. The SMILES string of the molecule is CCOc1cccc([C@@H](N)CN)c1. The van der Waals surface area contributed by atoms with E-state index in [-0.39, 0.29) is 6.04 Å². The standard InChI is InChI=1S/C10H16N2O/c1-2-13-9-5-3-4-8(6-9)10(12)7-11/h3-6,10H,2,7,11-12H2,1H3/t10-/m0/s1. The van der Waals surface area contributed by atoms with Gasteiger partial charge in [-0.05, 0) is 24.6 Å². The van der Waals surface area contributed by atoms with Crippen molar-refractivity contribution >= 4 is 0 Å². The summed E-state index contributed by atoms with van der Waals surface area (Å²) in [6, 6.07) is 7.63. The molecule has 0 radical (unpaired) electrons. The molecule has 0 fully saturated rings. The lowest BCUT2D eigenvalue weighted by molar-refractivity contribution is 0.339. The van der Waals surface area contributed by atoms with Gasteiger partial charge >= 0.3 is 0 Å². The quantitative estimate of drug-likeness (QED) is 0.728. The molecule has 3 heteroatoms. The molecule has 0 spiro atoms. The molecular weight excluding hydrogens is 164 g/mol. The molecule has 0 saturated heterocycles. The minimum Gasteiger partial charge on any atom is -0.494 e. The molecular formula is C10H16N2O. The van der Waals surface area contributed by atoms with Gasteiger partial charge in [-0.2, -0.15) is 0 Å². The molecule has 0 aromatic heterocycles. The first-order chi connectivity index (χ1) is 6.27. The third kappa shape index (κ3) is 2.72. The normalized spacial score (nSPS) is 12.5. The van der Waals surface area contributed by atoms with Gasteiger partial charge in [0.05, 0.1) is 6.61 Å². The number of ether oxygens (including phenoxy) is 1. The number of rotatable bonds is 4.